The molecule has 3 aliphatic rings. The molecule has 1 amide bonds. The van der Waals surface area contributed by atoms with Crippen LogP contribution >= 0.6 is 0 Å². The zero-order chi connectivity index (χ0) is 22.5. The van der Waals surface area contributed by atoms with E-state index in [2.05, 4.69) is 22.0 Å². The normalized spacial score (nSPS) is 26.6. The summed E-state index contributed by atoms with van der Waals surface area (Å²) in [6.07, 6.45) is 7.30. The zero-order valence-electron chi connectivity index (χ0n) is 19.4. The Hall–Kier alpha value is -2.53. The van der Waals surface area contributed by atoms with Crippen molar-refractivity contribution in [2.75, 3.05) is 17.2 Å². The molecule has 2 aromatic rings. The Balaban J connectivity index is 1.48. The molecule has 2 aliphatic carbocycles. The average Bonchev–Trinajstić information content (AvgIpc) is 2.76. The largest absolute Gasteiger partial charge is 0.506 e. The van der Waals surface area contributed by atoms with Gasteiger partial charge in [0.25, 0.3) is 0 Å². The van der Waals surface area contributed by atoms with Crippen molar-refractivity contribution in [1.29, 1.82) is 0 Å². The minimum absolute atomic E-state index is 0.0391. The fraction of sp³-hybridized carbons (Fsp3) is 0.519. The Morgan fingerprint density at radius 3 is 2.66 bits per heavy atom. The Morgan fingerprint density at radius 2 is 1.88 bits per heavy atom. The lowest BCUT2D eigenvalue weighted by molar-refractivity contribution is -0.123. The molecule has 0 unspecified atom stereocenters. The summed E-state index contributed by atoms with van der Waals surface area (Å²) in [5.41, 5.74) is 4.65. The number of nitrogens with one attached hydrogen (secondary N) is 3. The van der Waals surface area contributed by atoms with Crippen molar-refractivity contribution in [3.63, 3.8) is 0 Å². The van der Waals surface area contributed by atoms with E-state index in [0.717, 1.165) is 25.1 Å². The number of carbonyl (C=O) groups excluding carboxylic acids is 1. The van der Waals surface area contributed by atoms with Crippen LogP contribution in [-0.2, 0) is 16.6 Å². The molecule has 0 aromatic heterocycles. The lowest BCUT2D eigenvalue weighted by Gasteiger charge is -2.56. The van der Waals surface area contributed by atoms with Crippen LogP contribution in [0.5, 0.6) is 5.75 Å². The van der Waals surface area contributed by atoms with Crippen molar-refractivity contribution < 1.29 is 9.90 Å². The number of para-hydroxylation sites is 2. The summed E-state index contributed by atoms with van der Waals surface area (Å²) in [6.45, 7) is 6.77. The highest BCUT2D eigenvalue weighted by Crippen LogP contribution is 2.55. The number of piperidine rings is 1. The van der Waals surface area contributed by atoms with E-state index in [1.54, 1.807) is 0 Å². The van der Waals surface area contributed by atoms with E-state index >= 15 is 0 Å². The lowest BCUT2D eigenvalue weighted by atomic mass is 9.53. The zero-order valence-corrected chi connectivity index (χ0v) is 19.4. The maximum Gasteiger partial charge on any atom is 0.229 e. The van der Waals surface area contributed by atoms with E-state index in [0.29, 0.717) is 23.3 Å². The highest BCUT2D eigenvalue weighted by molar-refractivity contribution is 5.98. The molecule has 1 saturated heterocycles. The molecular formula is C27H35N3O2. The highest BCUT2D eigenvalue weighted by atomic mass is 16.3. The number of phenols is 1. The molecule has 0 spiro atoms. The number of phenolic OH excluding ortho intramolecular Hbond substituents is 1. The van der Waals surface area contributed by atoms with Crippen LogP contribution in [0, 0.1) is 11.3 Å². The van der Waals surface area contributed by atoms with Gasteiger partial charge >= 0.3 is 0 Å². The van der Waals surface area contributed by atoms with Gasteiger partial charge in [0, 0.05) is 16.9 Å². The van der Waals surface area contributed by atoms with Gasteiger partial charge in [0.05, 0.1) is 17.1 Å². The molecule has 2 fully saturated rings. The second-order valence-electron chi connectivity index (χ2n) is 10.9. The van der Waals surface area contributed by atoms with Crippen molar-refractivity contribution >= 4 is 23.0 Å². The molecule has 0 radical (unpaired) electrons. The van der Waals surface area contributed by atoms with Gasteiger partial charge in [-0.25, -0.2) is 0 Å². The summed E-state index contributed by atoms with van der Waals surface area (Å²) in [5, 5.41) is 21.3. The SMILES string of the molecule is CC(C)(C)C(=O)Nc1ccccc1Nc1cc2c(cc1O)[C@@]13CCCC[C@H]1[C@@H](C2)NCC3. The van der Waals surface area contributed by atoms with Crippen LogP contribution in [0.2, 0.25) is 0 Å². The Labute approximate surface area is 191 Å². The number of benzene rings is 2. The van der Waals surface area contributed by atoms with Crippen LogP contribution in [0.25, 0.3) is 0 Å². The average molecular weight is 434 g/mol. The van der Waals surface area contributed by atoms with Gasteiger partial charge in [-0.15, -0.1) is 0 Å². The molecule has 2 bridgehead atoms. The topological polar surface area (TPSA) is 73.4 Å². The molecule has 1 saturated carbocycles. The van der Waals surface area contributed by atoms with Gasteiger partial charge in [0.1, 0.15) is 5.75 Å². The third kappa shape index (κ3) is 3.57. The fourth-order valence-electron chi connectivity index (χ4n) is 6.23. The first kappa shape index (κ1) is 21.3. The number of hydrogen-bond acceptors (Lipinski definition) is 4. The summed E-state index contributed by atoms with van der Waals surface area (Å²) in [5.74, 6) is 0.934. The van der Waals surface area contributed by atoms with Crippen molar-refractivity contribution in [3.8, 4) is 5.75 Å². The summed E-state index contributed by atoms with van der Waals surface area (Å²) in [4.78, 5) is 12.5. The van der Waals surface area contributed by atoms with Crippen LogP contribution < -0.4 is 16.0 Å². The van der Waals surface area contributed by atoms with E-state index in [9.17, 15) is 9.90 Å². The van der Waals surface area contributed by atoms with Gasteiger partial charge in [-0.3, -0.25) is 4.79 Å². The maximum atomic E-state index is 12.5. The first-order valence-corrected chi connectivity index (χ1v) is 12.1. The lowest BCUT2D eigenvalue weighted by Crippen LogP contribution is -2.59. The first-order valence-electron chi connectivity index (χ1n) is 12.1. The number of hydrogen-bond donors (Lipinski definition) is 4. The van der Waals surface area contributed by atoms with Crippen molar-refractivity contribution in [3.05, 3.63) is 47.5 Å². The van der Waals surface area contributed by atoms with E-state index in [1.807, 2.05) is 51.1 Å². The number of aromatic hydroxyl groups is 1. The van der Waals surface area contributed by atoms with E-state index < -0.39 is 5.41 Å². The van der Waals surface area contributed by atoms with Crippen LogP contribution in [-0.4, -0.2) is 23.6 Å². The highest BCUT2D eigenvalue weighted by Gasteiger charge is 2.51. The summed E-state index contributed by atoms with van der Waals surface area (Å²) in [7, 11) is 0. The number of rotatable bonds is 3. The molecule has 5 heteroatoms. The summed E-state index contributed by atoms with van der Waals surface area (Å²) in [6, 6.07) is 12.4. The Bertz CT molecular complexity index is 1040. The standard InChI is InChI=1S/C27H35N3O2/c1-26(2,3)25(32)30-21-10-5-4-9-20(21)29-23-15-17-14-22-18-8-6-7-11-27(18,12-13-28-22)19(17)16-24(23)31/h4-5,9-10,15-16,18,22,28-29,31H,6-8,11-14H2,1-3H3,(H,30,32)/t18-,22+,27+/m0/s1. The Kier molecular flexibility index (Phi) is 5.20. The predicted octanol–water partition coefficient (Wildman–Crippen LogP) is 5.47. The number of amides is 1. The molecule has 3 atom stereocenters. The van der Waals surface area contributed by atoms with E-state index in [-0.39, 0.29) is 17.1 Å². The number of anilines is 3. The fourth-order valence-corrected chi connectivity index (χ4v) is 6.23. The predicted molar refractivity (Wildman–Crippen MR) is 130 cm³/mol. The number of fused-ring (bicyclic) bond motifs is 1. The summed E-state index contributed by atoms with van der Waals surface area (Å²) >= 11 is 0. The maximum absolute atomic E-state index is 12.5. The molecule has 170 valence electrons. The van der Waals surface area contributed by atoms with Gasteiger partial charge in [-0.2, -0.15) is 0 Å². The van der Waals surface area contributed by atoms with Crippen LogP contribution in [0.4, 0.5) is 17.1 Å². The minimum atomic E-state index is -0.484. The number of carbonyl (C=O) groups is 1. The third-order valence-electron chi connectivity index (χ3n) is 7.88. The van der Waals surface area contributed by atoms with Gasteiger partial charge in [0.2, 0.25) is 5.91 Å². The van der Waals surface area contributed by atoms with Crippen molar-refractivity contribution in [1.82, 2.24) is 5.32 Å². The van der Waals surface area contributed by atoms with Gasteiger partial charge in [0.15, 0.2) is 0 Å². The van der Waals surface area contributed by atoms with Crippen molar-refractivity contribution in [2.24, 2.45) is 11.3 Å². The van der Waals surface area contributed by atoms with Gasteiger partial charge in [-0.05, 0) is 73.5 Å². The minimum Gasteiger partial charge on any atom is -0.506 e. The third-order valence-corrected chi connectivity index (χ3v) is 7.88. The molecule has 32 heavy (non-hydrogen) atoms. The second kappa shape index (κ2) is 7.80. The van der Waals surface area contributed by atoms with Crippen LogP contribution in [0.15, 0.2) is 36.4 Å². The monoisotopic (exact) mass is 433 g/mol. The molecule has 4 N–H and O–H groups in total. The first-order chi connectivity index (χ1) is 15.3. The molecule has 5 nitrogen and oxygen atoms in total. The van der Waals surface area contributed by atoms with Crippen molar-refractivity contribution in [2.45, 2.75) is 70.8 Å². The molecule has 1 aliphatic heterocycles. The summed E-state index contributed by atoms with van der Waals surface area (Å²) < 4.78 is 0. The van der Waals surface area contributed by atoms with Gasteiger partial charge < -0.3 is 21.1 Å². The van der Waals surface area contributed by atoms with E-state index in [4.69, 9.17) is 0 Å². The Morgan fingerprint density at radius 1 is 1.09 bits per heavy atom. The molecular weight excluding hydrogens is 398 g/mol. The smallest absolute Gasteiger partial charge is 0.229 e. The quantitative estimate of drug-likeness (QED) is 0.485. The van der Waals surface area contributed by atoms with Crippen LogP contribution in [0.3, 0.4) is 0 Å². The molecule has 2 aromatic carbocycles. The van der Waals surface area contributed by atoms with Gasteiger partial charge in [-0.1, -0.05) is 45.7 Å². The second-order valence-corrected chi connectivity index (χ2v) is 10.9. The van der Waals surface area contributed by atoms with Crippen LogP contribution in [0.1, 0.15) is 64.0 Å². The molecule has 1 heterocycles. The van der Waals surface area contributed by atoms with E-state index in [1.165, 1.54) is 36.8 Å². The molecule has 5 rings (SSSR count).